The highest BCUT2D eigenvalue weighted by Crippen LogP contribution is 2.17. The molecule has 21 heavy (non-hydrogen) atoms. The van der Waals surface area contributed by atoms with Crippen molar-refractivity contribution in [1.82, 2.24) is 10.0 Å². The van der Waals surface area contributed by atoms with Gasteiger partial charge in [0.1, 0.15) is 10.7 Å². The molecule has 0 aromatic heterocycles. The second kappa shape index (κ2) is 7.34. The van der Waals surface area contributed by atoms with Crippen LogP contribution in [0.15, 0.2) is 23.1 Å². The van der Waals surface area contributed by atoms with Crippen LogP contribution < -0.4 is 15.8 Å². The number of amides is 1. The smallest absolute Gasteiger partial charge is 0.244 e. The van der Waals surface area contributed by atoms with Crippen LogP contribution in [0.4, 0.5) is 10.1 Å². The molecule has 1 unspecified atom stereocenters. The van der Waals surface area contributed by atoms with Gasteiger partial charge in [0.15, 0.2) is 0 Å². The molecule has 9 heteroatoms. The number of anilines is 1. The van der Waals surface area contributed by atoms with Gasteiger partial charge < -0.3 is 15.8 Å². The Labute approximate surface area is 122 Å². The maximum absolute atomic E-state index is 13.6. The number of ether oxygens (including phenoxy) is 1. The second-order valence-corrected chi connectivity index (χ2v) is 6.00. The molecule has 1 aromatic rings. The number of halogens is 1. The number of methoxy groups -OCH3 is 1. The summed E-state index contributed by atoms with van der Waals surface area (Å²) in [6.07, 6.45) is 0. The number of nitrogen functional groups attached to an aromatic ring is 1. The number of sulfonamides is 1. The Morgan fingerprint density at radius 2 is 2.14 bits per heavy atom. The summed E-state index contributed by atoms with van der Waals surface area (Å²) in [6, 6.07) is 2.16. The summed E-state index contributed by atoms with van der Waals surface area (Å²) in [4.78, 5) is 11.1. The monoisotopic (exact) mass is 319 g/mol. The van der Waals surface area contributed by atoms with Crippen molar-refractivity contribution in [2.45, 2.75) is 17.9 Å². The molecule has 0 radical (unpaired) electrons. The maximum atomic E-state index is 13.6. The van der Waals surface area contributed by atoms with Gasteiger partial charge in [-0.1, -0.05) is 0 Å². The lowest BCUT2D eigenvalue weighted by molar-refractivity contribution is -0.122. The topological polar surface area (TPSA) is 111 Å². The van der Waals surface area contributed by atoms with Crippen LogP contribution in [0, 0.1) is 5.82 Å². The Bertz CT molecular complexity index is 607. The van der Waals surface area contributed by atoms with Gasteiger partial charge in [0.2, 0.25) is 15.9 Å². The van der Waals surface area contributed by atoms with E-state index < -0.39 is 32.7 Å². The predicted octanol–water partition coefficient (Wildman–Crippen LogP) is -0.163. The van der Waals surface area contributed by atoms with Crippen LogP contribution in [-0.2, 0) is 19.6 Å². The van der Waals surface area contributed by atoms with Crippen molar-refractivity contribution in [3.8, 4) is 0 Å². The number of hydrogen-bond donors (Lipinski definition) is 3. The molecule has 0 bridgehead atoms. The molecule has 118 valence electrons. The molecule has 1 amide bonds. The zero-order chi connectivity index (χ0) is 16.0. The van der Waals surface area contributed by atoms with E-state index in [1.165, 1.54) is 20.1 Å². The lowest BCUT2D eigenvalue weighted by Crippen LogP contribution is -2.45. The summed E-state index contributed by atoms with van der Waals surface area (Å²) in [5.74, 6) is -1.51. The van der Waals surface area contributed by atoms with Crippen molar-refractivity contribution >= 4 is 21.6 Å². The minimum atomic E-state index is -4.16. The Morgan fingerprint density at radius 3 is 2.71 bits per heavy atom. The largest absolute Gasteiger partial charge is 0.399 e. The Kier molecular flexibility index (Phi) is 6.06. The predicted molar refractivity (Wildman–Crippen MR) is 75.5 cm³/mol. The highest BCUT2D eigenvalue weighted by atomic mass is 32.2. The summed E-state index contributed by atoms with van der Waals surface area (Å²) in [6.45, 7) is 1.91. The fourth-order valence-electron chi connectivity index (χ4n) is 1.51. The van der Waals surface area contributed by atoms with Gasteiger partial charge in [-0.25, -0.2) is 12.8 Å². The lowest BCUT2D eigenvalue weighted by atomic mass is 10.3. The quantitative estimate of drug-likeness (QED) is 0.478. The third-order valence-corrected chi connectivity index (χ3v) is 4.15. The Hall–Kier alpha value is -1.71. The fraction of sp³-hybridized carbons (Fsp3) is 0.417. The lowest BCUT2D eigenvalue weighted by Gasteiger charge is -2.14. The van der Waals surface area contributed by atoms with Crippen molar-refractivity contribution in [1.29, 1.82) is 0 Å². The molecule has 1 rings (SSSR count). The number of carbonyl (C=O) groups excluding carboxylic acids is 1. The first-order valence-corrected chi connectivity index (χ1v) is 7.60. The number of rotatable bonds is 7. The molecule has 0 fully saturated rings. The van der Waals surface area contributed by atoms with Gasteiger partial charge in [-0.15, -0.1) is 0 Å². The zero-order valence-electron chi connectivity index (χ0n) is 11.7. The summed E-state index contributed by atoms with van der Waals surface area (Å²) in [5.41, 5.74) is 5.47. The average Bonchev–Trinajstić information content (AvgIpc) is 2.37. The molecule has 0 spiro atoms. The van der Waals surface area contributed by atoms with E-state index in [1.807, 2.05) is 0 Å². The molecule has 0 heterocycles. The molecule has 0 aliphatic carbocycles. The Morgan fingerprint density at radius 1 is 1.48 bits per heavy atom. The summed E-state index contributed by atoms with van der Waals surface area (Å²) in [7, 11) is -2.68. The van der Waals surface area contributed by atoms with E-state index in [-0.39, 0.29) is 12.2 Å². The van der Waals surface area contributed by atoms with Gasteiger partial charge in [0, 0.05) is 19.3 Å². The summed E-state index contributed by atoms with van der Waals surface area (Å²) >= 11 is 0. The Balaban J connectivity index is 2.78. The SMILES string of the molecule is COCCNC(=O)C(C)NS(=O)(=O)c1ccc(N)cc1F. The summed E-state index contributed by atoms with van der Waals surface area (Å²) < 4.78 is 44.5. The molecule has 0 saturated carbocycles. The van der Waals surface area contributed by atoms with Crippen LogP contribution in [-0.4, -0.2) is 40.6 Å². The van der Waals surface area contributed by atoms with Gasteiger partial charge in [0.25, 0.3) is 0 Å². The highest BCUT2D eigenvalue weighted by Gasteiger charge is 2.24. The molecule has 7 nitrogen and oxygen atoms in total. The molecule has 1 aromatic carbocycles. The molecule has 0 aliphatic heterocycles. The van der Waals surface area contributed by atoms with Crippen molar-refractivity contribution in [3.63, 3.8) is 0 Å². The minimum absolute atomic E-state index is 0.108. The van der Waals surface area contributed by atoms with Gasteiger partial charge in [-0.2, -0.15) is 4.72 Å². The van der Waals surface area contributed by atoms with Gasteiger partial charge in [0.05, 0.1) is 12.6 Å². The number of nitrogens with one attached hydrogen (secondary N) is 2. The highest BCUT2D eigenvalue weighted by molar-refractivity contribution is 7.89. The number of carbonyl (C=O) groups is 1. The molecule has 0 aliphatic rings. The standard InChI is InChI=1S/C12H18FN3O4S/c1-8(12(17)15-5-6-20-2)16-21(18,19)11-4-3-9(14)7-10(11)13/h3-4,7-8,16H,5-6,14H2,1-2H3,(H,15,17). The van der Waals surface area contributed by atoms with E-state index in [2.05, 4.69) is 10.0 Å². The third-order valence-electron chi connectivity index (χ3n) is 2.58. The molecular weight excluding hydrogens is 301 g/mol. The van der Waals surface area contributed by atoms with E-state index in [4.69, 9.17) is 10.5 Å². The van der Waals surface area contributed by atoms with Gasteiger partial charge in [-0.3, -0.25) is 4.79 Å². The van der Waals surface area contributed by atoms with Crippen LogP contribution in [0.2, 0.25) is 0 Å². The van der Waals surface area contributed by atoms with Crippen LogP contribution in [0.1, 0.15) is 6.92 Å². The van der Waals surface area contributed by atoms with Crippen molar-refractivity contribution in [2.24, 2.45) is 0 Å². The molecule has 0 saturated heterocycles. The van der Waals surface area contributed by atoms with E-state index in [0.29, 0.717) is 6.61 Å². The van der Waals surface area contributed by atoms with Crippen LogP contribution in [0.5, 0.6) is 0 Å². The summed E-state index contributed by atoms with van der Waals surface area (Å²) in [5, 5.41) is 2.48. The number of hydrogen-bond acceptors (Lipinski definition) is 5. The van der Waals surface area contributed by atoms with Crippen molar-refractivity contribution in [3.05, 3.63) is 24.0 Å². The van der Waals surface area contributed by atoms with E-state index in [9.17, 15) is 17.6 Å². The normalized spacial score (nSPS) is 12.9. The third kappa shape index (κ3) is 4.96. The van der Waals surface area contributed by atoms with Crippen LogP contribution in [0.3, 0.4) is 0 Å². The maximum Gasteiger partial charge on any atom is 0.244 e. The minimum Gasteiger partial charge on any atom is -0.399 e. The van der Waals surface area contributed by atoms with Crippen molar-refractivity contribution < 1.29 is 22.3 Å². The number of nitrogens with two attached hydrogens (primary N) is 1. The first-order valence-electron chi connectivity index (χ1n) is 6.12. The van der Waals surface area contributed by atoms with Crippen LogP contribution in [0.25, 0.3) is 0 Å². The molecule has 1 atom stereocenters. The zero-order valence-corrected chi connectivity index (χ0v) is 12.5. The van der Waals surface area contributed by atoms with Crippen molar-refractivity contribution in [2.75, 3.05) is 26.0 Å². The van der Waals surface area contributed by atoms with Gasteiger partial charge in [-0.05, 0) is 25.1 Å². The molecular formula is C12H18FN3O4S. The first-order chi connectivity index (χ1) is 9.77. The average molecular weight is 319 g/mol. The second-order valence-electron chi connectivity index (χ2n) is 4.32. The van der Waals surface area contributed by atoms with E-state index in [0.717, 1.165) is 12.1 Å². The van der Waals surface area contributed by atoms with E-state index in [1.54, 1.807) is 0 Å². The fourth-order valence-corrected chi connectivity index (χ4v) is 2.78. The van der Waals surface area contributed by atoms with Crippen LogP contribution >= 0.6 is 0 Å². The van der Waals surface area contributed by atoms with Gasteiger partial charge >= 0.3 is 0 Å². The number of benzene rings is 1. The molecule has 4 N–H and O–H groups in total. The first kappa shape index (κ1) is 17.3. The van der Waals surface area contributed by atoms with E-state index >= 15 is 0 Å².